The zero-order chi connectivity index (χ0) is 10.1. The molecule has 2 aromatic rings. The monoisotopic (exact) mass is 269 g/mol. The van der Waals surface area contributed by atoms with Gasteiger partial charge in [-0.2, -0.15) is 9.36 Å². The standard InChI is InChI=1S/C9H8BrN3S/c1-5-2-3-6(4-7(5)10)8-12-9(11)13-14-8/h2-4H,1H3,(H2,11,13). The molecule has 0 aliphatic rings. The lowest BCUT2D eigenvalue weighted by Crippen LogP contribution is -1.86. The van der Waals surface area contributed by atoms with Crippen molar-refractivity contribution < 1.29 is 0 Å². The Morgan fingerprint density at radius 2 is 2.21 bits per heavy atom. The van der Waals surface area contributed by atoms with Crippen molar-refractivity contribution in [3.05, 3.63) is 28.2 Å². The lowest BCUT2D eigenvalue weighted by molar-refractivity contribution is 1.33. The van der Waals surface area contributed by atoms with Crippen molar-refractivity contribution in [2.75, 3.05) is 5.73 Å². The highest BCUT2D eigenvalue weighted by atomic mass is 79.9. The highest BCUT2D eigenvalue weighted by Crippen LogP contribution is 2.26. The van der Waals surface area contributed by atoms with Crippen LogP contribution >= 0.6 is 27.5 Å². The molecule has 0 saturated carbocycles. The molecule has 72 valence electrons. The fourth-order valence-electron chi connectivity index (χ4n) is 1.08. The Hall–Kier alpha value is -0.940. The molecular formula is C9H8BrN3S. The Labute approximate surface area is 94.3 Å². The quantitative estimate of drug-likeness (QED) is 0.866. The molecule has 0 aliphatic carbocycles. The Bertz CT molecular complexity index is 467. The minimum absolute atomic E-state index is 0.335. The minimum atomic E-state index is 0.335. The molecular weight excluding hydrogens is 262 g/mol. The topological polar surface area (TPSA) is 51.8 Å². The lowest BCUT2D eigenvalue weighted by Gasteiger charge is -1.99. The van der Waals surface area contributed by atoms with Crippen LogP contribution in [-0.4, -0.2) is 9.36 Å². The van der Waals surface area contributed by atoms with Crippen molar-refractivity contribution in [3.8, 4) is 10.6 Å². The van der Waals surface area contributed by atoms with Gasteiger partial charge in [-0.1, -0.05) is 28.1 Å². The molecule has 0 fully saturated rings. The third kappa shape index (κ3) is 1.78. The van der Waals surface area contributed by atoms with Crippen LogP contribution in [0.15, 0.2) is 22.7 Å². The highest BCUT2D eigenvalue weighted by Gasteiger charge is 2.05. The fourth-order valence-corrected chi connectivity index (χ4v) is 2.04. The Kier molecular flexibility index (Phi) is 2.52. The number of hydrogen-bond donors (Lipinski definition) is 1. The van der Waals surface area contributed by atoms with E-state index >= 15 is 0 Å². The van der Waals surface area contributed by atoms with Crippen molar-refractivity contribution in [1.82, 2.24) is 9.36 Å². The van der Waals surface area contributed by atoms with Gasteiger partial charge in [0.15, 0.2) is 0 Å². The van der Waals surface area contributed by atoms with Crippen molar-refractivity contribution >= 4 is 33.4 Å². The largest absolute Gasteiger partial charge is 0.367 e. The first kappa shape index (κ1) is 9.61. The molecule has 0 atom stereocenters. The number of aryl methyl sites for hydroxylation is 1. The maximum absolute atomic E-state index is 5.46. The van der Waals surface area contributed by atoms with Crippen LogP contribution in [0.3, 0.4) is 0 Å². The van der Waals surface area contributed by atoms with Crippen LogP contribution in [0.4, 0.5) is 5.95 Å². The molecule has 0 saturated heterocycles. The van der Waals surface area contributed by atoms with Gasteiger partial charge in [0.2, 0.25) is 5.95 Å². The Morgan fingerprint density at radius 3 is 2.79 bits per heavy atom. The average molecular weight is 270 g/mol. The summed E-state index contributed by atoms with van der Waals surface area (Å²) in [5.74, 6) is 0.335. The maximum atomic E-state index is 5.46. The Morgan fingerprint density at radius 1 is 1.43 bits per heavy atom. The van der Waals surface area contributed by atoms with Crippen molar-refractivity contribution in [2.45, 2.75) is 6.92 Å². The van der Waals surface area contributed by atoms with Gasteiger partial charge in [-0.15, -0.1) is 0 Å². The molecule has 1 aromatic carbocycles. The van der Waals surface area contributed by atoms with Crippen LogP contribution in [0.25, 0.3) is 10.6 Å². The van der Waals surface area contributed by atoms with Crippen LogP contribution in [0.5, 0.6) is 0 Å². The first-order valence-electron chi connectivity index (χ1n) is 4.02. The van der Waals surface area contributed by atoms with E-state index in [0.717, 1.165) is 15.0 Å². The van der Waals surface area contributed by atoms with Gasteiger partial charge >= 0.3 is 0 Å². The summed E-state index contributed by atoms with van der Waals surface area (Å²) in [6, 6.07) is 6.08. The van der Waals surface area contributed by atoms with Crippen molar-refractivity contribution in [3.63, 3.8) is 0 Å². The zero-order valence-electron chi connectivity index (χ0n) is 7.49. The number of anilines is 1. The smallest absolute Gasteiger partial charge is 0.232 e. The van der Waals surface area contributed by atoms with Gasteiger partial charge in [-0.05, 0) is 30.1 Å². The number of nitrogens with zero attached hydrogens (tertiary/aromatic N) is 2. The van der Waals surface area contributed by atoms with Gasteiger partial charge < -0.3 is 5.73 Å². The summed E-state index contributed by atoms with van der Waals surface area (Å²) < 4.78 is 5.01. The molecule has 0 spiro atoms. The molecule has 5 heteroatoms. The van der Waals surface area contributed by atoms with E-state index < -0.39 is 0 Å². The first-order chi connectivity index (χ1) is 6.66. The minimum Gasteiger partial charge on any atom is -0.367 e. The van der Waals surface area contributed by atoms with E-state index in [1.54, 1.807) is 0 Å². The van der Waals surface area contributed by atoms with Gasteiger partial charge in [0, 0.05) is 10.0 Å². The summed E-state index contributed by atoms with van der Waals surface area (Å²) in [5.41, 5.74) is 7.70. The second-order valence-electron chi connectivity index (χ2n) is 2.92. The third-order valence-electron chi connectivity index (χ3n) is 1.86. The van der Waals surface area contributed by atoms with Crippen molar-refractivity contribution in [2.24, 2.45) is 0 Å². The predicted molar refractivity (Wildman–Crippen MR) is 62.2 cm³/mol. The van der Waals surface area contributed by atoms with Crippen LogP contribution < -0.4 is 5.73 Å². The summed E-state index contributed by atoms with van der Waals surface area (Å²) in [5, 5.41) is 0.850. The number of rotatable bonds is 1. The number of nitrogen functional groups attached to an aromatic ring is 1. The van der Waals surface area contributed by atoms with Gasteiger partial charge in [0.1, 0.15) is 5.01 Å². The van der Waals surface area contributed by atoms with Crippen LogP contribution in [-0.2, 0) is 0 Å². The average Bonchev–Trinajstić information content (AvgIpc) is 2.57. The molecule has 0 unspecified atom stereocenters. The Balaban J connectivity index is 2.47. The van der Waals surface area contributed by atoms with Crippen LogP contribution in [0.1, 0.15) is 5.56 Å². The molecule has 3 nitrogen and oxygen atoms in total. The van der Waals surface area contributed by atoms with Crippen LogP contribution in [0.2, 0.25) is 0 Å². The van der Waals surface area contributed by atoms with Gasteiger partial charge in [-0.3, -0.25) is 0 Å². The molecule has 2 rings (SSSR count). The molecule has 1 heterocycles. The molecule has 14 heavy (non-hydrogen) atoms. The van der Waals surface area contributed by atoms with E-state index in [4.69, 9.17) is 5.73 Å². The summed E-state index contributed by atoms with van der Waals surface area (Å²) in [6.45, 7) is 2.04. The second-order valence-corrected chi connectivity index (χ2v) is 4.53. The number of hydrogen-bond acceptors (Lipinski definition) is 4. The fraction of sp³-hybridized carbons (Fsp3) is 0.111. The molecule has 1 aromatic heterocycles. The van der Waals surface area contributed by atoms with Gasteiger partial charge in [0.05, 0.1) is 0 Å². The van der Waals surface area contributed by atoms with E-state index in [1.807, 2.05) is 25.1 Å². The molecule has 2 N–H and O–H groups in total. The zero-order valence-corrected chi connectivity index (χ0v) is 9.89. The van der Waals surface area contributed by atoms with Gasteiger partial charge in [-0.25, -0.2) is 0 Å². The number of benzene rings is 1. The summed E-state index contributed by atoms with van der Waals surface area (Å²) in [6.07, 6.45) is 0. The number of halogens is 1. The summed E-state index contributed by atoms with van der Waals surface area (Å²) in [4.78, 5) is 4.12. The van der Waals surface area contributed by atoms with E-state index in [-0.39, 0.29) is 0 Å². The molecule has 0 radical (unpaired) electrons. The predicted octanol–water partition coefficient (Wildman–Crippen LogP) is 2.86. The normalized spacial score (nSPS) is 10.4. The first-order valence-corrected chi connectivity index (χ1v) is 5.59. The van der Waals surface area contributed by atoms with Crippen molar-refractivity contribution in [1.29, 1.82) is 0 Å². The van der Waals surface area contributed by atoms with E-state index in [1.165, 1.54) is 17.1 Å². The summed E-state index contributed by atoms with van der Waals surface area (Å²) >= 11 is 4.79. The molecule has 0 bridgehead atoms. The van der Waals surface area contributed by atoms with E-state index in [0.29, 0.717) is 5.95 Å². The third-order valence-corrected chi connectivity index (χ3v) is 3.49. The highest BCUT2D eigenvalue weighted by molar-refractivity contribution is 9.10. The van der Waals surface area contributed by atoms with Gasteiger partial charge in [0.25, 0.3) is 0 Å². The maximum Gasteiger partial charge on any atom is 0.232 e. The lowest BCUT2D eigenvalue weighted by atomic mass is 10.2. The molecule has 0 aliphatic heterocycles. The van der Waals surface area contributed by atoms with E-state index in [2.05, 4.69) is 25.3 Å². The van der Waals surface area contributed by atoms with Crippen LogP contribution in [0, 0.1) is 6.92 Å². The number of aromatic nitrogens is 2. The summed E-state index contributed by atoms with van der Waals surface area (Å²) in [7, 11) is 0. The number of nitrogens with two attached hydrogens (primary N) is 1. The SMILES string of the molecule is Cc1ccc(-c2nc(N)ns2)cc1Br. The van der Waals surface area contributed by atoms with E-state index in [9.17, 15) is 0 Å². The molecule has 0 amide bonds. The second kappa shape index (κ2) is 3.67.